The van der Waals surface area contributed by atoms with E-state index in [1.807, 2.05) is 12.1 Å². The maximum Gasteiger partial charge on any atom is 0.412 e. The zero-order valence-electron chi connectivity index (χ0n) is 27.5. The standard InChI is InChI=1S/C35H44N6O6/c1-35(2,3)47-34(44)38-29-8-6-5-7-28(29)37-32(42)26-11-9-25(10-12-26)24-41(20-19-40-17-15-39(4)16-18-40)33(43)36-27-13-14-30-31(23-27)46-22-21-45-30/h5-14,23H,15-22,24H2,1-4H3,(H,36,43)(H,37,42)(H,38,44). The summed E-state index contributed by atoms with van der Waals surface area (Å²) in [6.07, 6.45) is -0.612. The zero-order chi connectivity index (χ0) is 33.4. The first-order valence-electron chi connectivity index (χ1n) is 15.9. The van der Waals surface area contributed by atoms with Crippen LogP contribution in [0.15, 0.2) is 66.7 Å². The van der Waals surface area contributed by atoms with E-state index >= 15 is 0 Å². The van der Waals surface area contributed by atoms with Gasteiger partial charge in [-0.15, -0.1) is 0 Å². The monoisotopic (exact) mass is 644 g/mol. The Hall–Kier alpha value is -4.81. The van der Waals surface area contributed by atoms with Gasteiger partial charge in [-0.1, -0.05) is 24.3 Å². The van der Waals surface area contributed by atoms with Crippen LogP contribution in [0.25, 0.3) is 0 Å². The van der Waals surface area contributed by atoms with Crippen LogP contribution in [0.1, 0.15) is 36.7 Å². The van der Waals surface area contributed by atoms with Gasteiger partial charge in [-0.25, -0.2) is 9.59 Å². The van der Waals surface area contributed by atoms with Gasteiger partial charge >= 0.3 is 12.1 Å². The molecule has 0 saturated carbocycles. The summed E-state index contributed by atoms with van der Waals surface area (Å²) in [5.41, 5.74) is 2.15. The van der Waals surface area contributed by atoms with Crippen molar-refractivity contribution >= 4 is 35.1 Å². The molecule has 12 heteroatoms. The van der Waals surface area contributed by atoms with Crippen molar-refractivity contribution in [2.45, 2.75) is 32.9 Å². The number of piperazine rings is 1. The molecule has 0 radical (unpaired) electrons. The van der Waals surface area contributed by atoms with Gasteiger partial charge in [-0.05, 0) is 69.8 Å². The first-order valence-corrected chi connectivity index (χ1v) is 15.9. The van der Waals surface area contributed by atoms with E-state index in [2.05, 4.69) is 32.8 Å². The second-order valence-corrected chi connectivity index (χ2v) is 12.7. The van der Waals surface area contributed by atoms with Crippen LogP contribution >= 0.6 is 0 Å². The number of urea groups is 1. The fraction of sp³-hybridized carbons (Fsp3) is 0.400. The van der Waals surface area contributed by atoms with E-state index in [-0.39, 0.29) is 11.9 Å². The van der Waals surface area contributed by atoms with Gasteiger partial charge in [0.1, 0.15) is 18.8 Å². The smallest absolute Gasteiger partial charge is 0.412 e. The normalized spacial score (nSPS) is 15.0. The number of likely N-dealkylation sites (N-methyl/N-ethyl adjacent to an activating group) is 1. The first-order chi connectivity index (χ1) is 22.5. The molecule has 0 bridgehead atoms. The summed E-state index contributed by atoms with van der Waals surface area (Å²) < 4.78 is 16.6. The number of hydrogen-bond donors (Lipinski definition) is 3. The van der Waals surface area contributed by atoms with Gasteiger partial charge in [0.25, 0.3) is 5.91 Å². The van der Waals surface area contributed by atoms with Crippen LogP contribution in [0, 0.1) is 0 Å². The third-order valence-corrected chi connectivity index (χ3v) is 7.76. The molecule has 5 rings (SSSR count). The number of nitrogens with zero attached hydrogens (tertiary/aromatic N) is 3. The molecule has 3 aromatic rings. The van der Waals surface area contributed by atoms with Crippen LogP contribution in [-0.4, -0.2) is 97.9 Å². The third-order valence-electron chi connectivity index (χ3n) is 7.76. The lowest BCUT2D eigenvalue weighted by Gasteiger charge is -2.34. The summed E-state index contributed by atoms with van der Waals surface area (Å²) in [5.74, 6) is 0.932. The second kappa shape index (κ2) is 15.2. The number of benzene rings is 3. The summed E-state index contributed by atoms with van der Waals surface area (Å²) in [7, 11) is 2.12. The lowest BCUT2D eigenvalue weighted by atomic mass is 10.1. The Morgan fingerprint density at radius 3 is 2.17 bits per heavy atom. The quantitative estimate of drug-likeness (QED) is 0.285. The number of rotatable bonds is 9. The Bertz CT molecular complexity index is 1550. The molecule has 4 amide bonds. The SMILES string of the molecule is CN1CCN(CCN(Cc2ccc(C(=O)Nc3ccccc3NC(=O)OC(C)(C)C)cc2)C(=O)Nc2ccc3c(c2)OCCO3)CC1. The predicted molar refractivity (Wildman–Crippen MR) is 181 cm³/mol. The summed E-state index contributed by atoms with van der Waals surface area (Å²) in [6.45, 7) is 11.8. The Morgan fingerprint density at radius 1 is 0.830 bits per heavy atom. The maximum atomic E-state index is 13.6. The highest BCUT2D eigenvalue weighted by Crippen LogP contribution is 2.32. The fourth-order valence-corrected chi connectivity index (χ4v) is 5.20. The summed E-state index contributed by atoms with van der Waals surface area (Å²) in [6, 6.07) is 19.2. The van der Waals surface area contributed by atoms with E-state index in [4.69, 9.17) is 14.2 Å². The van der Waals surface area contributed by atoms with Crippen molar-refractivity contribution in [1.82, 2.24) is 14.7 Å². The molecule has 0 aromatic heterocycles. The Kier molecular flexibility index (Phi) is 10.8. The molecule has 3 N–H and O–H groups in total. The van der Waals surface area contributed by atoms with E-state index in [9.17, 15) is 14.4 Å². The highest BCUT2D eigenvalue weighted by Gasteiger charge is 2.21. The predicted octanol–water partition coefficient (Wildman–Crippen LogP) is 5.34. The van der Waals surface area contributed by atoms with Gasteiger partial charge in [0.2, 0.25) is 0 Å². The molecule has 12 nitrogen and oxygen atoms in total. The summed E-state index contributed by atoms with van der Waals surface area (Å²) in [4.78, 5) is 45.5. The number of ether oxygens (including phenoxy) is 3. The minimum absolute atomic E-state index is 0.230. The molecule has 2 aliphatic rings. The molecule has 250 valence electrons. The maximum absolute atomic E-state index is 13.6. The van der Waals surface area contributed by atoms with Crippen molar-refractivity contribution in [2.24, 2.45) is 0 Å². The second-order valence-electron chi connectivity index (χ2n) is 12.7. The Labute approximate surface area is 275 Å². The van der Waals surface area contributed by atoms with Gasteiger partial charge in [0.05, 0.1) is 11.4 Å². The number of fused-ring (bicyclic) bond motifs is 1. The van der Waals surface area contributed by atoms with Crippen LogP contribution in [0.4, 0.5) is 26.7 Å². The number of para-hydroxylation sites is 2. The van der Waals surface area contributed by atoms with Crippen molar-refractivity contribution in [3.63, 3.8) is 0 Å². The molecule has 3 aromatic carbocycles. The number of hydrogen-bond acceptors (Lipinski definition) is 8. The van der Waals surface area contributed by atoms with Crippen LogP contribution in [-0.2, 0) is 11.3 Å². The minimum Gasteiger partial charge on any atom is -0.486 e. The molecule has 2 heterocycles. The first kappa shape index (κ1) is 33.6. The molecule has 47 heavy (non-hydrogen) atoms. The lowest BCUT2D eigenvalue weighted by molar-refractivity contribution is 0.0635. The van der Waals surface area contributed by atoms with Crippen molar-refractivity contribution in [1.29, 1.82) is 0 Å². The van der Waals surface area contributed by atoms with Crippen molar-refractivity contribution < 1.29 is 28.6 Å². The molecule has 0 aliphatic carbocycles. The highest BCUT2D eigenvalue weighted by atomic mass is 16.6. The number of carbonyl (C=O) groups excluding carboxylic acids is 3. The fourth-order valence-electron chi connectivity index (χ4n) is 5.20. The lowest BCUT2D eigenvalue weighted by Crippen LogP contribution is -2.48. The van der Waals surface area contributed by atoms with Gasteiger partial charge < -0.3 is 34.6 Å². The average Bonchev–Trinajstić information content (AvgIpc) is 3.04. The Morgan fingerprint density at radius 2 is 1.49 bits per heavy atom. The van der Waals surface area contributed by atoms with E-state index in [0.717, 1.165) is 38.3 Å². The van der Waals surface area contributed by atoms with E-state index in [1.54, 1.807) is 80.3 Å². The number of carbonyl (C=O) groups is 3. The van der Waals surface area contributed by atoms with Gasteiger partial charge in [0, 0.05) is 63.1 Å². The van der Waals surface area contributed by atoms with Gasteiger partial charge in [0.15, 0.2) is 11.5 Å². The molecular formula is C35H44N6O6. The molecule has 1 fully saturated rings. The van der Waals surface area contributed by atoms with Crippen molar-refractivity contribution in [2.75, 3.05) is 75.5 Å². The Balaban J connectivity index is 1.24. The molecule has 2 aliphatic heterocycles. The molecule has 0 spiro atoms. The summed E-state index contributed by atoms with van der Waals surface area (Å²) in [5, 5.41) is 8.58. The minimum atomic E-state index is -0.656. The van der Waals surface area contributed by atoms with Crippen LogP contribution in [0.5, 0.6) is 11.5 Å². The summed E-state index contributed by atoms with van der Waals surface area (Å²) >= 11 is 0. The van der Waals surface area contributed by atoms with E-state index in [1.165, 1.54) is 0 Å². The van der Waals surface area contributed by atoms with Crippen LogP contribution < -0.4 is 25.4 Å². The number of anilines is 3. The third kappa shape index (κ3) is 9.84. The number of amides is 4. The van der Waals surface area contributed by atoms with E-state index in [0.29, 0.717) is 60.4 Å². The molecule has 1 saturated heterocycles. The van der Waals surface area contributed by atoms with Crippen LogP contribution in [0.3, 0.4) is 0 Å². The van der Waals surface area contributed by atoms with Gasteiger partial charge in [-0.3, -0.25) is 15.0 Å². The van der Waals surface area contributed by atoms with Gasteiger partial charge in [-0.2, -0.15) is 0 Å². The number of nitrogens with one attached hydrogen (secondary N) is 3. The van der Waals surface area contributed by atoms with E-state index < -0.39 is 11.7 Å². The highest BCUT2D eigenvalue weighted by molar-refractivity contribution is 6.06. The topological polar surface area (TPSA) is 125 Å². The average molecular weight is 645 g/mol. The van der Waals surface area contributed by atoms with Crippen LogP contribution in [0.2, 0.25) is 0 Å². The molecule has 0 unspecified atom stereocenters. The zero-order valence-corrected chi connectivity index (χ0v) is 27.5. The largest absolute Gasteiger partial charge is 0.486 e. The molecular weight excluding hydrogens is 600 g/mol. The molecule has 0 atom stereocenters. The van der Waals surface area contributed by atoms with Crippen molar-refractivity contribution in [3.8, 4) is 11.5 Å². The van der Waals surface area contributed by atoms with Crippen molar-refractivity contribution in [3.05, 3.63) is 77.9 Å².